The zero-order valence-corrected chi connectivity index (χ0v) is 13.7. The molecule has 1 aromatic carbocycles. The summed E-state index contributed by atoms with van der Waals surface area (Å²) in [6.45, 7) is 6.00. The van der Waals surface area contributed by atoms with Crippen LogP contribution in [0, 0.1) is 15.9 Å². The molecule has 7 nitrogen and oxygen atoms in total. The Morgan fingerprint density at radius 2 is 2.04 bits per heavy atom. The summed E-state index contributed by atoms with van der Waals surface area (Å²) in [6, 6.07) is 3.35. The molecule has 0 aliphatic heterocycles. The van der Waals surface area contributed by atoms with Gasteiger partial charge < -0.3 is 14.4 Å². The second-order valence-electron chi connectivity index (χ2n) is 5.97. The summed E-state index contributed by atoms with van der Waals surface area (Å²) in [6.07, 6.45) is 0.0767. The van der Waals surface area contributed by atoms with E-state index in [2.05, 4.69) is 0 Å². The molecule has 0 radical (unpaired) electrons. The van der Waals surface area contributed by atoms with Crippen molar-refractivity contribution in [2.45, 2.75) is 32.8 Å². The zero-order valence-electron chi connectivity index (χ0n) is 13.7. The maximum absolute atomic E-state index is 13.4. The molecule has 0 bridgehead atoms. The number of rotatable bonds is 6. The van der Waals surface area contributed by atoms with Crippen LogP contribution in [0.4, 0.5) is 14.9 Å². The molecule has 0 heterocycles. The van der Waals surface area contributed by atoms with Crippen LogP contribution in [0.15, 0.2) is 18.2 Å². The number of halogens is 1. The van der Waals surface area contributed by atoms with E-state index in [1.165, 1.54) is 11.0 Å². The Bertz CT molecular complexity index is 571. The van der Waals surface area contributed by atoms with E-state index in [0.29, 0.717) is 13.0 Å². The van der Waals surface area contributed by atoms with Gasteiger partial charge in [-0.3, -0.25) is 10.1 Å². The molecule has 1 aromatic rings. The van der Waals surface area contributed by atoms with E-state index in [1.54, 1.807) is 27.8 Å². The Morgan fingerprint density at radius 1 is 1.39 bits per heavy atom. The van der Waals surface area contributed by atoms with E-state index in [-0.39, 0.29) is 12.4 Å². The van der Waals surface area contributed by atoms with Gasteiger partial charge in [0.25, 0.3) is 0 Å². The van der Waals surface area contributed by atoms with Gasteiger partial charge in [0.15, 0.2) is 0 Å². The molecule has 0 N–H and O–H groups in total. The highest BCUT2D eigenvalue weighted by Crippen LogP contribution is 2.22. The summed E-state index contributed by atoms with van der Waals surface area (Å²) in [5.41, 5.74) is -1.15. The van der Waals surface area contributed by atoms with E-state index in [1.807, 2.05) is 0 Å². The van der Waals surface area contributed by atoms with E-state index < -0.39 is 28.1 Å². The second-order valence-corrected chi connectivity index (χ2v) is 5.97. The van der Waals surface area contributed by atoms with Crippen LogP contribution in [-0.2, 0) is 4.74 Å². The number of carbonyl (C=O) groups is 1. The van der Waals surface area contributed by atoms with E-state index in [9.17, 15) is 19.3 Å². The first-order valence-electron chi connectivity index (χ1n) is 7.11. The first kappa shape index (κ1) is 18.7. The van der Waals surface area contributed by atoms with Crippen molar-refractivity contribution < 1.29 is 23.6 Å². The van der Waals surface area contributed by atoms with Gasteiger partial charge in [-0.2, -0.15) is 4.39 Å². The van der Waals surface area contributed by atoms with Gasteiger partial charge in [0.2, 0.25) is 5.82 Å². The van der Waals surface area contributed by atoms with Crippen LogP contribution in [0.25, 0.3) is 0 Å². The average molecular weight is 328 g/mol. The quantitative estimate of drug-likeness (QED) is 0.454. The van der Waals surface area contributed by atoms with Crippen LogP contribution in [0.5, 0.6) is 5.75 Å². The summed E-state index contributed by atoms with van der Waals surface area (Å²) in [7, 11) is 1.61. The lowest BCUT2D eigenvalue weighted by Crippen LogP contribution is -2.35. The summed E-state index contributed by atoms with van der Waals surface area (Å²) in [5.74, 6) is -0.744. The van der Waals surface area contributed by atoms with Crippen molar-refractivity contribution in [1.29, 1.82) is 0 Å². The van der Waals surface area contributed by atoms with Gasteiger partial charge in [0.05, 0.1) is 11.5 Å². The van der Waals surface area contributed by atoms with Crippen molar-refractivity contribution in [3.8, 4) is 5.75 Å². The van der Waals surface area contributed by atoms with Crippen molar-refractivity contribution in [1.82, 2.24) is 4.90 Å². The lowest BCUT2D eigenvalue weighted by Gasteiger charge is -2.24. The number of ether oxygens (including phenoxy) is 2. The number of carbonyl (C=O) groups excluding carboxylic acids is 1. The highest BCUT2D eigenvalue weighted by molar-refractivity contribution is 5.67. The highest BCUT2D eigenvalue weighted by Gasteiger charge is 2.19. The standard InChI is InChI=1S/C15H21FN2O5/c1-15(2,3)23-14(19)17(4)8-5-9-22-11-6-7-13(18(20)21)12(16)10-11/h6-7,10H,5,8-9H2,1-4H3. The number of amides is 1. The molecule has 0 aliphatic carbocycles. The predicted molar refractivity (Wildman–Crippen MR) is 82.0 cm³/mol. The lowest BCUT2D eigenvalue weighted by atomic mass is 10.2. The monoisotopic (exact) mass is 328 g/mol. The molecule has 0 fully saturated rings. The summed E-state index contributed by atoms with van der Waals surface area (Å²) < 4.78 is 23.9. The Kier molecular flexibility index (Phi) is 6.29. The molecule has 8 heteroatoms. The summed E-state index contributed by atoms with van der Waals surface area (Å²) >= 11 is 0. The molecular formula is C15H21FN2O5. The van der Waals surface area contributed by atoms with Crippen LogP contribution >= 0.6 is 0 Å². The largest absolute Gasteiger partial charge is 0.493 e. The molecular weight excluding hydrogens is 307 g/mol. The molecule has 0 saturated heterocycles. The fourth-order valence-electron chi connectivity index (χ4n) is 1.65. The van der Waals surface area contributed by atoms with Gasteiger partial charge in [-0.1, -0.05) is 0 Å². The number of nitrogens with zero attached hydrogens (tertiary/aromatic N) is 2. The van der Waals surface area contributed by atoms with Crippen LogP contribution in [-0.4, -0.2) is 41.7 Å². The number of hydrogen-bond donors (Lipinski definition) is 0. The molecule has 0 aromatic heterocycles. The van der Waals surface area contributed by atoms with E-state index >= 15 is 0 Å². The second kappa shape index (κ2) is 7.75. The number of benzene rings is 1. The molecule has 1 amide bonds. The topological polar surface area (TPSA) is 81.9 Å². The number of nitro groups is 1. The molecule has 0 saturated carbocycles. The Hall–Kier alpha value is -2.38. The van der Waals surface area contributed by atoms with Crippen molar-refractivity contribution >= 4 is 11.8 Å². The molecule has 0 unspecified atom stereocenters. The Morgan fingerprint density at radius 3 is 2.57 bits per heavy atom. The molecule has 23 heavy (non-hydrogen) atoms. The van der Waals surface area contributed by atoms with Gasteiger partial charge >= 0.3 is 11.8 Å². The lowest BCUT2D eigenvalue weighted by molar-refractivity contribution is -0.387. The van der Waals surface area contributed by atoms with Crippen LogP contribution in [0.1, 0.15) is 27.2 Å². The van der Waals surface area contributed by atoms with Gasteiger partial charge in [0.1, 0.15) is 11.4 Å². The van der Waals surface area contributed by atoms with Gasteiger partial charge in [-0.15, -0.1) is 0 Å². The predicted octanol–water partition coefficient (Wildman–Crippen LogP) is 3.37. The summed E-state index contributed by atoms with van der Waals surface area (Å²) in [5, 5.41) is 10.5. The van der Waals surface area contributed by atoms with Gasteiger partial charge in [-0.25, -0.2) is 4.79 Å². The molecule has 0 spiro atoms. The zero-order chi connectivity index (χ0) is 17.6. The fraction of sp³-hybridized carbons (Fsp3) is 0.533. The highest BCUT2D eigenvalue weighted by atomic mass is 19.1. The van der Waals surface area contributed by atoms with Gasteiger partial charge in [-0.05, 0) is 33.3 Å². The van der Waals surface area contributed by atoms with Gasteiger partial charge in [0, 0.05) is 25.7 Å². The first-order chi connectivity index (χ1) is 10.6. The molecule has 128 valence electrons. The minimum absolute atomic E-state index is 0.202. The number of nitro benzene ring substituents is 1. The minimum atomic E-state index is -0.946. The van der Waals surface area contributed by atoms with E-state index in [4.69, 9.17) is 9.47 Å². The normalized spacial score (nSPS) is 11.0. The molecule has 0 aliphatic rings. The Labute approximate surface area is 134 Å². The maximum Gasteiger partial charge on any atom is 0.410 e. The van der Waals surface area contributed by atoms with Crippen LogP contribution in [0.2, 0.25) is 0 Å². The third kappa shape index (κ3) is 6.50. The van der Waals surface area contributed by atoms with E-state index in [0.717, 1.165) is 12.1 Å². The number of hydrogen-bond acceptors (Lipinski definition) is 5. The van der Waals surface area contributed by atoms with Crippen molar-refractivity contribution in [2.24, 2.45) is 0 Å². The SMILES string of the molecule is CN(CCCOc1ccc([N+](=O)[O-])c(F)c1)C(=O)OC(C)(C)C. The maximum atomic E-state index is 13.4. The van der Waals surface area contributed by atoms with Crippen LogP contribution in [0.3, 0.4) is 0 Å². The third-order valence-electron chi connectivity index (χ3n) is 2.73. The molecule has 1 rings (SSSR count). The van der Waals surface area contributed by atoms with Crippen LogP contribution < -0.4 is 4.74 Å². The van der Waals surface area contributed by atoms with Crippen molar-refractivity contribution in [3.63, 3.8) is 0 Å². The smallest absolute Gasteiger partial charge is 0.410 e. The van der Waals surface area contributed by atoms with Crippen molar-refractivity contribution in [3.05, 3.63) is 34.1 Å². The third-order valence-corrected chi connectivity index (χ3v) is 2.73. The average Bonchev–Trinajstić information content (AvgIpc) is 2.41. The summed E-state index contributed by atoms with van der Waals surface area (Å²) in [4.78, 5) is 22.8. The van der Waals surface area contributed by atoms with Crippen molar-refractivity contribution in [2.75, 3.05) is 20.2 Å². The Balaban J connectivity index is 2.39. The minimum Gasteiger partial charge on any atom is -0.493 e. The fourth-order valence-corrected chi connectivity index (χ4v) is 1.65. The first-order valence-corrected chi connectivity index (χ1v) is 7.11. The molecule has 0 atom stereocenters.